The average Bonchev–Trinajstić information content (AvgIpc) is 3.77. The number of rotatable bonds is 10. The number of aromatic nitrogens is 1. The van der Waals surface area contributed by atoms with Crippen LogP contribution in [-0.4, -0.2) is 25.7 Å². The van der Waals surface area contributed by atoms with Crippen LogP contribution in [0, 0.1) is 6.92 Å². The number of nitrogens with zero attached hydrogens (tertiary/aromatic N) is 2. The Hall–Kier alpha value is -3.67. The Morgan fingerprint density at radius 2 is 1.57 bits per heavy atom. The summed E-state index contributed by atoms with van der Waals surface area (Å²) < 4.78 is 26.2. The predicted molar refractivity (Wildman–Crippen MR) is 176 cm³/mol. The summed E-state index contributed by atoms with van der Waals surface area (Å²) >= 11 is 2.03. The van der Waals surface area contributed by atoms with Gasteiger partial charge in [0.15, 0.2) is 0 Å². The third-order valence-corrected chi connectivity index (χ3v) is 10.8. The predicted octanol–water partition coefficient (Wildman–Crippen LogP) is 7.85. The summed E-state index contributed by atoms with van der Waals surface area (Å²) in [5.41, 5.74) is 3.61. The van der Waals surface area contributed by atoms with Gasteiger partial charge in [-0.05, 0) is 52.6 Å². The zero-order valence-electron chi connectivity index (χ0n) is 22.5. The van der Waals surface area contributed by atoms with Crippen molar-refractivity contribution >= 4 is 66.3 Å². The summed E-state index contributed by atoms with van der Waals surface area (Å²) in [5, 5.41) is 9.73. The van der Waals surface area contributed by atoms with Crippen LogP contribution in [-0.2, 0) is 22.5 Å². The molecule has 0 aliphatic heterocycles. The van der Waals surface area contributed by atoms with Gasteiger partial charge in [0, 0.05) is 16.5 Å². The van der Waals surface area contributed by atoms with E-state index in [4.69, 9.17) is 0 Å². The van der Waals surface area contributed by atoms with E-state index in [1.165, 1.54) is 15.6 Å². The van der Waals surface area contributed by atoms with Crippen LogP contribution in [0.1, 0.15) is 27.7 Å². The van der Waals surface area contributed by atoms with Crippen molar-refractivity contribution in [1.82, 2.24) is 10.3 Å². The minimum Gasteiger partial charge on any atom is -0.343 e. The Bertz CT molecular complexity index is 1790. The van der Waals surface area contributed by atoms with Crippen molar-refractivity contribution in [3.05, 3.63) is 130 Å². The topological polar surface area (TPSA) is 82.5 Å². The smallest absolute Gasteiger partial charge is 0.263 e. The van der Waals surface area contributed by atoms with E-state index in [9.17, 15) is 13.6 Å². The van der Waals surface area contributed by atoms with E-state index < -0.39 is 23.4 Å². The number of thiazole rings is 1. The molecular weight excluding hydrogens is 603 g/mol. The number of fused-ring (bicyclic) bond motifs is 1. The highest BCUT2D eigenvalue weighted by molar-refractivity contribution is 7.81. The van der Waals surface area contributed by atoms with Gasteiger partial charge in [-0.3, -0.25) is 9.35 Å². The molecule has 6 rings (SSSR count). The number of aryl methyl sites for hydroxylation is 1. The summed E-state index contributed by atoms with van der Waals surface area (Å²) in [4.78, 5) is 19.8. The second kappa shape index (κ2) is 12.7. The first-order chi connectivity index (χ1) is 20.5. The molecule has 0 spiro atoms. The van der Waals surface area contributed by atoms with E-state index in [2.05, 4.69) is 10.3 Å². The number of nitrogens with one attached hydrogen (secondary N) is 1. The molecule has 0 saturated carbocycles. The zero-order valence-corrected chi connectivity index (χ0v) is 25.8. The van der Waals surface area contributed by atoms with Gasteiger partial charge in [0.2, 0.25) is 5.91 Å². The summed E-state index contributed by atoms with van der Waals surface area (Å²) in [7, 11) is 0. The lowest BCUT2D eigenvalue weighted by Crippen LogP contribution is -2.49. The second-order valence-corrected chi connectivity index (χ2v) is 13.6. The average molecular weight is 630 g/mol. The van der Waals surface area contributed by atoms with Crippen molar-refractivity contribution in [2.75, 3.05) is 4.31 Å². The molecule has 212 valence electrons. The Kier molecular flexibility index (Phi) is 8.59. The van der Waals surface area contributed by atoms with Gasteiger partial charge in [-0.1, -0.05) is 78.9 Å². The van der Waals surface area contributed by atoms with Crippen LogP contribution in [0.3, 0.4) is 0 Å². The maximum atomic E-state index is 14.4. The first kappa shape index (κ1) is 28.4. The Balaban J connectivity index is 1.41. The second-order valence-electron chi connectivity index (χ2n) is 9.69. The standard InChI is InChI=1S/C32H27N3O3S4/c1-21-33-26(20-39-21)29-16-17-30(41-29)35(42(37)38)27(18-24-19-40-28-15-9-8-14-25(24)28)32(36)34-31(22-10-4-2-5-11-22)23-12-6-3-7-13-23/h2-17,19-20,27,31H,18H2,1H3,(H,34,36)(H,37,38). The van der Waals surface area contributed by atoms with Gasteiger partial charge in [0.05, 0.1) is 21.6 Å². The molecule has 6 nitrogen and oxygen atoms in total. The molecule has 0 aliphatic rings. The molecule has 0 aliphatic carbocycles. The van der Waals surface area contributed by atoms with E-state index in [0.717, 1.165) is 42.4 Å². The maximum Gasteiger partial charge on any atom is 0.263 e. The van der Waals surface area contributed by atoms with Gasteiger partial charge < -0.3 is 5.32 Å². The Labute approximate surface area is 258 Å². The van der Waals surface area contributed by atoms with E-state index in [1.807, 2.05) is 109 Å². The van der Waals surface area contributed by atoms with E-state index in [0.29, 0.717) is 5.00 Å². The molecule has 3 aromatic carbocycles. The normalized spacial score (nSPS) is 12.8. The number of benzene rings is 3. The minimum atomic E-state index is -2.47. The third kappa shape index (κ3) is 6.08. The lowest BCUT2D eigenvalue weighted by molar-refractivity contribution is -0.122. The van der Waals surface area contributed by atoms with E-state index >= 15 is 0 Å². The highest BCUT2D eigenvalue weighted by atomic mass is 32.2. The molecule has 1 amide bonds. The highest BCUT2D eigenvalue weighted by Gasteiger charge is 2.34. The number of carbonyl (C=O) groups is 1. The zero-order chi connectivity index (χ0) is 29.1. The first-order valence-corrected chi connectivity index (χ1v) is 16.9. The van der Waals surface area contributed by atoms with Gasteiger partial charge in [0.1, 0.15) is 11.0 Å². The molecule has 3 heterocycles. The molecule has 0 fully saturated rings. The van der Waals surface area contributed by atoms with E-state index in [1.54, 1.807) is 28.7 Å². The summed E-state index contributed by atoms with van der Waals surface area (Å²) in [6.45, 7) is 1.94. The van der Waals surface area contributed by atoms with Crippen LogP contribution < -0.4 is 9.62 Å². The molecule has 0 bridgehead atoms. The fourth-order valence-corrected chi connectivity index (χ4v) is 8.46. The molecule has 42 heavy (non-hydrogen) atoms. The quantitative estimate of drug-likeness (QED) is 0.151. The molecular formula is C32H27N3O3S4. The Morgan fingerprint density at radius 3 is 2.21 bits per heavy atom. The van der Waals surface area contributed by atoms with Crippen molar-refractivity contribution in [3.8, 4) is 10.6 Å². The van der Waals surface area contributed by atoms with Crippen LogP contribution in [0.25, 0.3) is 20.7 Å². The number of thiophene rings is 2. The molecule has 10 heteroatoms. The van der Waals surface area contributed by atoms with Crippen molar-refractivity contribution < 1.29 is 13.6 Å². The van der Waals surface area contributed by atoms with Gasteiger partial charge >= 0.3 is 0 Å². The fourth-order valence-electron chi connectivity index (χ4n) is 4.97. The SMILES string of the molecule is Cc1nc(-c2ccc(N(C(Cc3csc4ccccc34)C(=O)NC(c3ccccc3)c3ccccc3)S(=O)O)s2)cs1. The minimum absolute atomic E-state index is 0.251. The van der Waals surface area contributed by atoms with Crippen molar-refractivity contribution in [1.29, 1.82) is 0 Å². The van der Waals surface area contributed by atoms with Crippen LogP contribution in [0.15, 0.2) is 108 Å². The Morgan fingerprint density at radius 1 is 0.905 bits per heavy atom. The maximum absolute atomic E-state index is 14.4. The highest BCUT2D eigenvalue weighted by Crippen LogP contribution is 2.37. The number of anilines is 1. The third-order valence-electron chi connectivity index (χ3n) is 6.96. The van der Waals surface area contributed by atoms with Gasteiger partial charge in [-0.15, -0.1) is 34.0 Å². The molecule has 2 atom stereocenters. The van der Waals surface area contributed by atoms with Crippen molar-refractivity contribution in [2.24, 2.45) is 0 Å². The molecule has 3 aromatic heterocycles. The summed E-state index contributed by atoms with van der Waals surface area (Å²) in [5.74, 6) is -0.343. The number of amides is 1. The van der Waals surface area contributed by atoms with Crippen LogP contribution in [0.2, 0.25) is 0 Å². The molecule has 2 unspecified atom stereocenters. The molecule has 0 saturated heterocycles. The first-order valence-electron chi connectivity index (χ1n) is 13.3. The molecule has 0 radical (unpaired) electrons. The number of hydrogen-bond donors (Lipinski definition) is 2. The monoisotopic (exact) mass is 629 g/mol. The van der Waals surface area contributed by atoms with Crippen LogP contribution in [0.4, 0.5) is 5.00 Å². The van der Waals surface area contributed by atoms with E-state index in [-0.39, 0.29) is 12.3 Å². The van der Waals surface area contributed by atoms with Crippen molar-refractivity contribution in [2.45, 2.75) is 25.4 Å². The van der Waals surface area contributed by atoms with Gasteiger partial charge in [-0.2, -0.15) is 0 Å². The largest absolute Gasteiger partial charge is 0.343 e. The number of carbonyl (C=O) groups excluding carboxylic acids is 1. The fraction of sp³-hybridized carbons (Fsp3) is 0.125. The van der Waals surface area contributed by atoms with Crippen LogP contribution in [0.5, 0.6) is 0 Å². The lowest BCUT2D eigenvalue weighted by Gasteiger charge is -2.30. The van der Waals surface area contributed by atoms with Crippen molar-refractivity contribution in [3.63, 3.8) is 0 Å². The van der Waals surface area contributed by atoms with Crippen LogP contribution >= 0.6 is 34.0 Å². The molecule has 6 aromatic rings. The number of hydrogen-bond acceptors (Lipinski definition) is 6. The molecule has 2 N–H and O–H groups in total. The van der Waals surface area contributed by atoms with Gasteiger partial charge in [-0.25, -0.2) is 13.5 Å². The van der Waals surface area contributed by atoms with Gasteiger partial charge in [0.25, 0.3) is 11.3 Å². The summed E-state index contributed by atoms with van der Waals surface area (Å²) in [6, 6.07) is 29.8. The summed E-state index contributed by atoms with van der Waals surface area (Å²) in [6.07, 6.45) is 0.251. The lowest BCUT2D eigenvalue weighted by atomic mass is 9.97.